The van der Waals surface area contributed by atoms with Crippen LogP contribution in [-0.2, 0) is 4.74 Å². The molecule has 1 fully saturated rings. The average Bonchev–Trinajstić information content (AvgIpc) is 2.23. The molecule has 2 rings (SSSR count). The molecule has 0 unspecified atom stereocenters. The summed E-state index contributed by atoms with van der Waals surface area (Å²) in [6.45, 7) is 3.87. The summed E-state index contributed by atoms with van der Waals surface area (Å²) in [6, 6.07) is 2.60. The quantitative estimate of drug-likeness (QED) is 0.779. The zero-order valence-corrected chi connectivity index (χ0v) is 9.00. The van der Waals surface area contributed by atoms with Gasteiger partial charge in [0.1, 0.15) is 0 Å². The Labute approximate surface area is 92.8 Å². The van der Waals surface area contributed by atoms with Gasteiger partial charge in [0.05, 0.1) is 13.2 Å². The van der Waals surface area contributed by atoms with E-state index in [2.05, 4.69) is 10.3 Å². The van der Waals surface area contributed by atoms with Gasteiger partial charge in [-0.2, -0.15) is 4.39 Å². The summed E-state index contributed by atoms with van der Waals surface area (Å²) in [7, 11) is 0. The molecule has 0 bridgehead atoms. The molecule has 0 radical (unpaired) electrons. The maximum atomic E-state index is 12.8. The molecular formula is C11H13FN2O2. The van der Waals surface area contributed by atoms with Gasteiger partial charge in [-0.1, -0.05) is 6.92 Å². The SMILES string of the molecule is CC1(CNC(=O)c2ccnc(F)c2)COC1. The van der Waals surface area contributed by atoms with Crippen molar-refractivity contribution in [3.05, 3.63) is 29.8 Å². The predicted molar refractivity (Wildman–Crippen MR) is 55.5 cm³/mol. The van der Waals surface area contributed by atoms with Crippen molar-refractivity contribution in [2.45, 2.75) is 6.92 Å². The van der Waals surface area contributed by atoms with Gasteiger partial charge in [-0.3, -0.25) is 4.79 Å². The fourth-order valence-corrected chi connectivity index (χ4v) is 1.49. The number of pyridine rings is 1. The van der Waals surface area contributed by atoms with Crippen molar-refractivity contribution in [2.24, 2.45) is 5.41 Å². The molecule has 1 aliphatic heterocycles. The van der Waals surface area contributed by atoms with Gasteiger partial charge in [0.15, 0.2) is 0 Å². The number of carbonyl (C=O) groups is 1. The Balaban J connectivity index is 1.93. The first kappa shape index (κ1) is 11.0. The van der Waals surface area contributed by atoms with Gasteiger partial charge in [-0.15, -0.1) is 0 Å². The van der Waals surface area contributed by atoms with Crippen molar-refractivity contribution < 1.29 is 13.9 Å². The topological polar surface area (TPSA) is 51.2 Å². The van der Waals surface area contributed by atoms with Crippen LogP contribution in [0.5, 0.6) is 0 Å². The fraction of sp³-hybridized carbons (Fsp3) is 0.455. The first-order chi connectivity index (χ1) is 7.59. The summed E-state index contributed by atoms with van der Waals surface area (Å²) in [6.07, 6.45) is 1.28. The number of rotatable bonds is 3. The summed E-state index contributed by atoms with van der Waals surface area (Å²) < 4.78 is 17.8. The molecule has 0 aliphatic carbocycles. The molecule has 0 aromatic carbocycles. The van der Waals surface area contributed by atoms with Crippen LogP contribution in [-0.4, -0.2) is 30.6 Å². The number of hydrogen-bond acceptors (Lipinski definition) is 3. The smallest absolute Gasteiger partial charge is 0.251 e. The second kappa shape index (κ2) is 4.17. The number of aromatic nitrogens is 1. The molecule has 1 N–H and O–H groups in total. The number of hydrogen-bond donors (Lipinski definition) is 1. The van der Waals surface area contributed by atoms with Crippen LogP contribution in [0, 0.1) is 11.4 Å². The summed E-state index contributed by atoms with van der Waals surface area (Å²) in [5.74, 6) is -0.930. The summed E-state index contributed by atoms with van der Waals surface area (Å²) >= 11 is 0. The van der Waals surface area contributed by atoms with Crippen LogP contribution in [0.4, 0.5) is 4.39 Å². The van der Waals surface area contributed by atoms with E-state index >= 15 is 0 Å². The highest BCUT2D eigenvalue weighted by molar-refractivity contribution is 5.94. The minimum Gasteiger partial charge on any atom is -0.380 e. The number of ether oxygens (including phenoxy) is 1. The van der Waals surface area contributed by atoms with E-state index in [4.69, 9.17) is 4.74 Å². The first-order valence-corrected chi connectivity index (χ1v) is 5.07. The summed E-state index contributed by atoms with van der Waals surface area (Å²) in [5.41, 5.74) is 0.303. The van der Waals surface area contributed by atoms with E-state index < -0.39 is 5.95 Å². The van der Waals surface area contributed by atoms with Gasteiger partial charge in [-0.05, 0) is 6.07 Å². The van der Waals surface area contributed by atoms with Crippen LogP contribution in [0.2, 0.25) is 0 Å². The summed E-state index contributed by atoms with van der Waals surface area (Å²) in [4.78, 5) is 15.0. The molecule has 4 nitrogen and oxygen atoms in total. The maximum absolute atomic E-state index is 12.8. The van der Waals surface area contributed by atoms with Crippen LogP contribution in [0.15, 0.2) is 18.3 Å². The predicted octanol–water partition coefficient (Wildman–Crippen LogP) is 0.987. The molecule has 0 atom stereocenters. The molecule has 16 heavy (non-hydrogen) atoms. The fourth-order valence-electron chi connectivity index (χ4n) is 1.49. The Hall–Kier alpha value is -1.49. The highest BCUT2D eigenvalue weighted by Gasteiger charge is 2.33. The second-order valence-electron chi connectivity index (χ2n) is 4.35. The largest absolute Gasteiger partial charge is 0.380 e. The molecule has 0 spiro atoms. The number of nitrogens with one attached hydrogen (secondary N) is 1. The van der Waals surface area contributed by atoms with Crippen molar-refractivity contribution in [1.29, 1.82) is 0 Å². The Kier molecular flexibility index (Phi) is 2.87. The lowest BCUT2D eigenvalue weighted by Crippen LogP contribution is -2.48. The molecule has 2 heterocycles. The summed E-state index contributed by atoms with van der Waals surface area (Å²) in [5, 5.41) is 2.76. The van der Waals surface area contributed by atoms with E-state index in [1.165, 1.54) is 12.3 Å². The van der Waals surface area contributed by atoms with Gasteiger partial charge < -0.3 is 10.1 Å². The molecule has 0 saturated carbocycles. The lowest BCUT2D eigenvalue weighted by molar-refractivity contribution is -0.0978. The lowest BCUT2D eigenvalue weighted by atomic mass is 9.89. The van der Waals surface area contributed by atoms with Crippen molar-refractivity contribution in [2.75, 3.05) is 19.8 Å². The molecule has 1 saturated heterocycles. The molecule has 1 aromatic heterocycles. The zero-order chi connectivity index (χ0) is 11.6. The van der Waals surface area contributed by atoms with E-state index in [1.807, 2.05) is 6.92 Å². The third-order valence-electron chi connectivity index (χ3n) is 2.57. The molecule has 5 heteroatoms. The second-order valence-corrected chi connectivity index (χ2v) is 4.35. The minimum absolute atomic E-state index is 0.0151. The maximum Gasteiger partial charge on any atom is 0.251 e. The average molecular weight is 224 g/mol. The molecule has 1 aromatic rings. The standard InChI is InChI=1S/C11H13FN2O2/c1-11(6-16-7-11)5-14-10(15)8-2-3-13-9(12)4-8/h2-4H,5-7H2,1H3,(H,14,15). The van der Waals surface area contributed by atoms with Crippen molar-refractivity contribution in [3.63, 3.8) is 0 Å². The number of amides is 1. The molecule has 1 aliphatic rings. The van der Waals surface area contributed by atoms with E-state index in [0.717, 1.165) is 6.07 Å². The third-order valence-corrected chi connectivity index (χ3v) is 2.57. The van der Waals surface area contributed by atoms with Crippen molar-refractivity contribution in [1.82, 2.24) is 10.3 Å². The normalized spacial score (nSPS) is 17.6. The van der Waals surface area contributed by atoms with Gasteiger partial charge in [0.2, 0.25) is 5.95 Å². The molecule has 86 valence electrons. The Morgan fingerprint density at radius 2 is 2.44 bits per heavy atom. The van der Waals surface area contributed by atoms with Crippen LogP contribution in [0.3, 0.4) is 0 Å². The Morgan fingerprint density at radius 3 is 3.00 bits per heavy atom. The van der Waals surface area contributed by atoms with E-state index in [9.17, 15) is 9.18 Å². The third kappa shape index (κ3) is 2.36. The highest BCUT2D eigenvalue weighted by Crippen LogP contribution is 2.25. The number of carbonyl (C=O) groups excluding carboxylic acids is 1. The minimum atomic E-state index is -0.647. The lowest BCUT2D eigenvalue weighted by Gasteiger charge is -2.38. The zero-order valence-electron chi connectivity index (χ0n) is 9.00. The monoisotopic (exact) mass is 224 g/mol. The highest BCUT2D eigenvalue weighted by atomic mass is 19.1. The van der Waals surface area contributed by atoms with Crippen molar-refractivity contribution in [3.8, 4) is 0 Å². The number of halogens is 1. The van der Waals surface area contributed by atoms with Crippen LogP contribution >= 0.6 is 0 Å². The van der Waals surface area contributed by atoms with Gasteiger partial charge in [-0.25, -0.2) is 4.98 Å². The van der Waals surface area contributed by atoms with Gasteiger partial charge in [0, 0.05) is 29.8 Å². The number of nitrogens with zero attached hydrogens (tertiary/aromatic N) is 1. The van der Waals surface area contributed by atoms with E-state index in [1.54, 1.807) is 0 Å². The van der Waals surface area contributed by atoms with Crippen LogP contribution < -0.4 is 5.32 Å². The van der Waals surface area contributed by atoms with Gasteiger partial charge in [0.25, 0.3) is 5.91 Å². The molecular weight excluding hydrogens is 211 g/mol. The Bertz CT molecular complexity index is 405. The molecule has 1 amide bonds. The van der Waals surface area contributed by atoms with Gasteiger partial charge >= 0.3 is 0 Å². The van der Waals surface area contributed by atoms with Crippen LogP contribution in [0.1, 0.15) is 17.3 Å². The van der Waals surface area contributed by atoms with Crippen molar-refractivity contribution >= 4 is 5.91 Å². The Morgan fingerprint density at radius 1 is 1.69 bits per heavy atom. The van der Waals surface area contributed by atoms with E-state index in [-0.39, 0.29) is 16.9 Å². The van der Waals surface area contributed by atoms with Crippen LogP contribution in [0.25, 0.3) is 0 Å². The van der Waals surface area contributed by atoms with E-state index in [0.29, 0.717) is 19.8 Å². The first-order valence-electron chi connectivity index (χ1n) is 5.07.